The molecule has 4 aromatic rings. The van der Waals surface area contributed by atoms with Crippen molar-refractivity contribution in [2.75, 3.05) is 30.4 Å². The quantitative estimate of drug-likeness (QED) is 0.0287. The number of pyridine rings is 1. The highest BCUT2D eigenvalue weighted by atomic mass is 35.5. The molecule has 1 aliphatic carbocycles. The number of phenols is 3. The van der Waals surface area contributed by atoms with Gasteiger partial charge in [0.25, 0.3) is 11.7 Å². The molecule has 3 aromatic carbocycles. The zero-order valence-electron chi connectivity index (χ0n) is 43.9. The van der Waals surface area contributed by atoms with Crippen LogP contribution in [0.25, 0.3) is 21.7 Å². The molecule has 5 bridgehead atoms. The number of hydrazone groups is 1. The van der Waals surface area contributed by atoms with E-state index in [1.807, 2.05) is 0 Å². The van der Waals surface area contributed by atoms with E-state index in [4.69, 9.17) is 30.5 Å². The van der Waals surface area contributed by atoms with E-state index in [1.165, 1.54) is 59.2 Å². The maximum absolute atomic E-state index is 16.1. The fraction of sp³-hybridized carbons (Fsp3) is 0.455. The number of hydrogen-bond acceptors (Lipinski definition) is 17. The molecule has 1 amide bonds. The summed E-state index contributed by atoms with van der Waals surface area (Å²) in [6, 6.07) is 0.360. The lowest BCUT2D eigenvalue weighted by Crippen LogP contribution is -2.46. The number of esters is 1. The predicted octanol–water partition coefficient (Wildman–Crippen LogP) is 7.10. The Morgan fingerprint density at radius 3 is 2.34 bits per heavy atom. The number of ketones is 1. The molecule has 1 aromatic heterocycles. The minimum absolute atomic E-state index is 0.00392. The number of halogens is 2. The Morgan fingerprint density at radius 1 is 0.987 bits per heavy atom. The van der Waals surface area contributed by atoms with Gasteiger partial charge >= 0.3 is 17.7 Å². The fourth-order valence-corrected chi connectivity index (χ4v) is 11.1. The van der Waals surface area contributed by atoms with Crippen LogP contribution in [0.5, 0.6) is 23.0 Å². The number of Topliss-reactive ketones (excluding diaryl/α,β-unsaturated/α-hetero) is 1. The molecule has 0 spiro atoms. The van der Waals surface area contributed by atoms with Gasteiger partial charge < -0.3 is 69.8 Å². The van der Waals surface area contributed by atoms with Crippen LogP contribution in [0.3, 0.4) is 0 Å². The van der Waals surface area contributed by atoms with Crippen LogP contribution in [0.4, 0.5) is 15.8 Å². The van der Waals surface area contributed by atoms with E-state index in [0.29, 0.717) is 19.3 Å². The van der Waals surface area contributed by atoms with Gasteiger partial charge in [0.05, 0.1) is 80.6 Å². The number of nitrogens with one attached hydrogen (secondary N) is 2. The first-order valence-electron chi connectivity index (χ1n) is 25.2. The van der Waals surface area contributed by atoms with Gasteiger partial charge in [0.1, 0.15) is 34.7 Å². The van der Waals surface area contributed by atoms with Crippen molar-refractivity contribution in [2.24, 2.45) is 28.8 Å². The lowest BCUT2D eigenvalue weighted by Gasteiger charge is -2.38. The number of hydrogen-bond donors (Lipinski definition) is 8. The highest BCUT2D eigenvalue weighted by molar-refractivity contribution is 6.38. The average molecular weight is 1090 g/mol. The topological polar surface area (TPSA) is 288 Å². The number of aromatic carboxylic acids is 1. The molecule has 9 rings (SSSR count). The summed E-state index contributed by atoms with van der Waals surface area (Å²) in [6.07, 6.45) is 7.18. The third-order valence-electron chi connectivity index (χ3n) is 15.3. The van der Waals surface area contributed by atoms with Crippen molar-refractivity contribution < 1.29 is 73.2 Å². The van der Waals surface area contributed by atoms with Crippen molar-refractivity contribution in [3.05, 3.63) is 91.7 Å². The molecule has 1 saturated heterocycles. The number of anilines is 2. The highest BCUT2D eigenvalue weighted by Crippen LogP contribution is 2.55. The molecule has 5 heterocycles. The standard InChI is InChI=1S/C55H63ClFN5O15/c1-23-11-10-12-24(2)53(71)59-41-33(20-58-60-30-15-17-61(21-30)43-35(57)19-32-42(40(43)56)62(31-13-14-31)22-34(47(32)67)54(72)73)48(68)37-38(49(41)69)46(66)28(6)51-39(37)52(70)55(8,77-51)75-18-16-36(74-9)25(3)50(76-29(7)63)27(5)45(65)26(4)44(23)64/h10-12,16,18-20,22-23,25-27,30-31,36,44-45,50,60,64-66,68-69H,13-15,17,21H2,1-9H3,(H,59,71)(H,72,73)/b11-10+,18-16+,24-12-,58-20+/t23-,25-,26-,27-,30?,36+,44+,45+,50-,55+/m1/s1. The fourth-order valence-electron chi connectivity index (χ4n) is 10.7. The van der Waals surface area contributed by atoms with E-state index in [0.717, 1.165) is 18.5 Å². The van der Waals surface area contributed by atoms with Crippen LogP contribution in [-0.4, -0.2) is 121 Å². The van der Waals surface area contributed by atoms with E-state index in [-0.39, 0.29) is 74.1 Å². The van der Waals surface area contributed by atoms with Crippen LogP contribution >= 0.6 is 11.6 Å². The van der Waals surface area contributed by atoms with Gasteiger partial charge in [-0.3, -0.25) is 19.2 Å². The van der Waals surface area contributed by atoms with E-state index < -0.39 is 129 Å². The lowest BCUT2D eigenvalue weighted by atomic mass is 9.78. The summed E-state index contributed by atoms with van der Waals surface area (Å²) in [6.45, 7) is 12.6. The van der Waals surface area contributed by atoms with Gasteiger partial charge in [0, 0.05) is 86.5 Å². The molecule has 8 N–H and O–H groups in total. The maximum Gasteiger partial charge on any atom is 0.341 e. The first-order valence-corrected chi connectivity index (χ1v) is 25.6. The summed E-state index contributed by atoms with van der Waals surface area (Å²) >= 11 is 6.91. The number of phenolic OH excluding ortho intramolecular Hbond substituents is 3. The number of aliphatic hydroxyl groups is 2. The van der Waals surface area contributed by atoms with E-state index in [1.54, 1.807) is 43.2 Å². The summed E-state index contributed by atoms with van der Waals surface area (Å²) < 4.78 is 41.4. The van der Waals surface area contributed by atoms with Gasteiger partial charge in [-0.1, -0.05) is 57.5 Å². The largest absolute Gasteiger partial charge is 0.507 e. The second-order valence-corrected chi connectivity index (χ2v) is 21.0. The highest BCUT2D eigenvalue weighted by Gasteiger charge is 2.50. The van der Waals surface area contributed by atoms with Gasteiger partial charge in [0.2, 0.25) is 5.43 Å². The van der Waals surface area contributed by atoms with Crippen molar-refractivity contribution in [3.63, 3.8) is 0 Å². The van der Waals surface area contributed by atoms with Gasteiger partial charge in [-0.2, -0.15) is 5.10 Å². The molecular weight excluding hydrogens is 1030 g/mol. The smallest absolute Gasteiger partial charge is 0.341 e. The molecule has 5 aliphatic rings. The first kappa shape index (κ1) is 56.0. The van der Waals surface area contributed by atoms with Crippen LogP contribution in [-0.2, 0) is 23.8 Å². The lowest BCUT2D eigenvalue weighted by molar-refractivity contribution is -0.160. The molecule has 2 fully saturated rings. The number of aromatic hydroxyl groups is 3. The number of nitrogens with zero attached hydrogens (tertiary/aromatic N) is 3. The minimum atomic E-state index is -2.15. The molecule has 20 nitrogen and oxygen atoms in total. The van der Waals surface area contributed by atoms with Gasteiger partial charge in [-0.25, -0.2) is 9.18 Å². The van der Waals surface area contributed by atoms with Crippen LogP contribution in [0.1, 0.15) is 106 Å². The summed E-state index contributed by atoms with van der Waals surface area (Å²) in [5, 5.41) is 75.0. The number of benzene rings is 3. The van der Waals surface area contributed by atoms with Crippen molar-refractivity contribution in [3.8, 4) is 23.0 Å². The molecule has 1 unspecified atom stereocenters. The molecule has 4 aliphatic heterocycles. The zero-order valence-corrected chi connectivity index (χ0v) is 44.6. The Morgan fingerprint density at radius 2 is 1.69 bits per heavy atom. The van der Waals surface area contributed by atoms with Crippen molar-refractivity contribution in [1.82, 2.24) is 9.99 Å². The normalized spacial score (nSPS) is 28.8. The third-order valence-corrected chi connectivity index (χ3v) is 15.7. The number of carboxylic acids is 1. The van der Waals surface area contributed by atoms with Gasteiger partial charge in [-0.05, 0) is 45.3 Å². The average Bonchev–Trinajstić information content (AvgIpc) is 4.19. The number of carboxylic acid groups (broad SMARTS) is 1. The molecule has 22 heteroatoms. The van der Waals surface area contributed by atoms with E-state index in [2.05, 4.69) is 15.8 Å². The van der Waals surface area contributed by atoms with E-state index >= 15 is 4.39 Å². The van der Waals surface area contributed by atoms with Crippen LogP contribution in [0.2, 0.25) is 5.02 Å². The number of ether oxygens (including phenoxy) is 4. The molecule has 10 atom stereocenters. The summed E-state index contributed by atoms with van der Waals surface area (Å²) in [4.78, 5) is 67.9. The number of fused-ring (bicyclic) bond motifs is 15. The molecule has 412 valence electrons. The van der Waals surface area contributed by atoms with Crippen molar-refractivity contribution >= 4 is 74.5 Å². The third kappa shape index (κ3) is 10.3. The van der Waals surface area contributed by atoms with Crippen LogP contribution in [0.15, 0.2) is 58.3 Å². The molecule has 77 heavy (non-hydrogen) atoms. The number of aliphatic hydroxyl groups excluding tert-OH is 2. The van der Waals surface area contributed by atoms with Crippen LogP contribution in [0, 0.1) is 36.4 Å². The number of methoxy groups -OCH3 is 1. The Labute approximate surface area is 447 Å². The Balaban J connectivity index is 1.19. The SMILES string of the molecule is CO[C@H]1/C=C/O[C@@]2(C)Oc3c(C)c(O)c4c(O)c(c(/C=N/NC5CCN(c6c(F)cc7c(=O)c(C(=O)O)cn(C8CC8)c7c6Cl)C5)c(O)c4c3C2=O)NC(=O)/C(C)=C\C=C\[C@@H](C)[C@H](O)[C@@H](C)[C@H](O)[C@@H](C)[C@H](OC(C)=O)[C@@H]1C. The predicted molar refractivity (Wildman–Crippen MR) is 284 cm³/mol. The monoisotopic (exact) mass is 1090 g/mol. The minimum Gasteiger partial charge on any atom is -0.507 e. The molecular formula is C55H63ClFN5O15. The Hall–Kier alpha value is -7.20. The van der Waals surface area contributed by atoms with E-state index in [9.17, 15) is 54.6 Å². The second kappa shape index (κ2) is 21.7. The second-order valence-electron chi connectivity index (χ2n) is 20.7. The van der Waals surface area contributed by atoms with Crippen LogP contribution < -0.4 is 25.8 Å². The number of carbonyl (C=O) groups is 4. The van der Waals surface area contributed by atoms with Gasteiger partial charge in [0.15, 0.2) is 5.75 Å². The zero-order chi connectivity index (χ0) is 56.3. The van der Waals surface area contributed by atoms with Gasteiger partial charge in [-0.15, -0.1) is 0 Å². The first-order chi connectivity index (χ1) is 36.3. The van der Waals surface area contributed by atoms with Crippen molar-refractivity contribution in [2.45, 2.75) is 117 Å². The summed E-state index contributed by atoms with van der Waals surface area (Å²) in [7, 11) is 1.40. The number of rotatable bonds is 8. The maximum atomic E-state index is 16.1. The Bertz CT molecular complexity index is 3280. The summed E-state index contributed by atoms with van der Waals surface area (Å²) in [5.74, 6) is -11.7. The molecule has 0 radical (unpaired) electrons. The summed E-state index contributed by atoms with van der Waals surface area (Å²) in [5.41, 5.74) is 0.832. The Kier molecular flexibility index (Phi) is 15.8. The number of allylic oxidation sites excluding steroid dienone is 2. The van der Waals surface area contributed by atoms with Crippen molar-refractivity contribution in [1.29, 1.82) is 0 Å². The number of amides is 1. The number of aromatic nitrogens is 1. The number of carbonyl (C=O) groups excluding carboxylic acids is 3. The molecule has 1 saturated carbocycles.